The average Bonchev–Trinajstić information content (AvgIpc) is 2.16. The SMILES string of the molecule is CC(C)(C)C1CNc2cccnc2N1. The molecule has 1 aromatic rings. The minimum atomic E-state index is 0.252. The van der Waals surface area contributed by atoms with Gasteiger partial charge in [-0.15, -0.1) is 0 Å². The van der Waals surface area contributed by atoms with Crippen LogP contribution in [-0.2, 0) is 0 Å². The van der Waals surface area contributed by atoms with Gasteiger partial charge in [0.05, 0.1) is 5.69 Å². The van der Waals surface area contributed by atoms with Crippen molar-refractivity contribution in [2.24, 2.45) is 5.41 Å². The van der Waals surface area contributed by atoms with E-state index in [0.717, 1.165) is 18.1 Å². The lowest BCUT2D eigenvalue weighted by Crippen LogP contribution is -2.43. The number of fused-ring (bicyclic) bond motifs is 1. The van der Waals surface area contributed by atoms with Crippen LogP contribution in [0.3, 0.4) is 0 Å². The third-order valence-corrected chi connectivity index (χ3v) is 2.66. The van der Waals surface area contributed by atoms with E-state index in [4.69, 9.17) is 0 Å². The molecule has 0 fully saturated rings. The molecule has 0 saturated carbocycles. The minimum Gasteiger partial charge on any atom is -0.380 e. The zero-order chi connectivity index (χ0) is 10.2. The smallest absolute Gasteiger partial charge is 0.149 e. The summed E-state index contributed by atoms with van der Waals surface area (Å²) in [5, 5.41) is 6.86. The maximum Gasteiger partial charge on any atom is 0.149 e. The quantitative estimate of drug-likeness (QED) is 0.661. The van der Waals surface area contributed by atoms with Gasteiger partial charge in [-0.1, -0.05) is 20.8 Å². The van der Waals surface area contributed by atoms with Crippen LogP contribution in [0.2, 0.25) is 0 Å². The van der Waals surface area contributed by atoms with Crippen LogP contribution in [0.4, 0.5) is 11.5 Å². The normalized spacial score (nSPS) is 20.6. The van der Waals surface area contributed by atoms with Crippen LogP contribution in [-0.4, -0.2) is 17.6 Å². The molecule has 2 N–H and O–H groups in total. The highest BCUT2D eigenvalue weighted by Crippen LogP contribution is 2.29. The number of pyridine rings is 1. The van der Waals surface area contributed by atoms with Crippen molar-refractivity contribution >= 4 is 11.5 Å². The standard InChI is InChI=1S/C11H17N3/c1-11(2,3)9-7-13-8-5-4-6-12-10(8)14-9/h4-6,9,13H,7H2,1-3H3,(H,12,14). The second-order valence-corrected chi connectivity index (χ2v) is 4.84. The van der Waals surface area contributed by atoms with E-state index >= 15 is 0 Å². The maximum atomic E-state index is 4.31. The number of nitrogens with one attached hydrogen (secondary N) is 2. The molecule has 3 nitrogen and oxygen atoms in total. The van der Waals surface area contributed by atoms with Crippen molar-refractivity contribution < 1.29 is 0 Å². The molecule has 0 aliphatic carbocycles. The monoisotopic (exact) mass is 191 g/mol. The van der Waals surface area contributed by atoms with E-state index in [1.807, 2.05) is 18.3 Å². The molecule has 0 bridgehead atoms. The van der Waals surface area contributed by atoms with Crippen molar-refractivity contribution in [1.82, 2.24) is 4.98 Å². The lowest BCUT2D eigenvalue weighted by molar-refractivity contribution is 0.347. The molecule has 1 unspecified atom stereocenters. The molecule has 2 rings (SSSR count). The molecule has 3 heteroatoms. The Morgan fingerprint density at radius 3 is 2.93 bits per heavy atom. The Kier molecular flexibility index (Phi) is 2.10. The van der Waals surface area contributed by atoms with E-state index in [2.05, 4.69) is 36.4 Å². The summed E-state index contributed by atoms with van der Waals surface area (Å²) < 4.78 is 0. The van der Waals surface area contributed by atoms with Crippen LogP contribution in [0.5, 0.6) is 0 Å². The van der Waals surface area contributed by atoms with Gasteiger partial charge < -0.3 is 10.6 Å². The van der Waals surface area contributed by atoms with Gasteiger partial charge in [-0.25, -0.2) is 4.98 Å². The largest absolute Gasteiger partial charge is 0.380 e. The second-order valence-electron chi connectivity index (χ2n) is 4.84. The van der Waals surface area contributed by atoms with E-state index in [1.165, 1.54) is 0 Å². The highest BCUT2D eigenvalue weighted by Gasteiger charge is 2.28. The molecule has 0 radical (unpaired) electrons. The van der Waals surface area contributed by atoms with E-state index in [1.54, 1.807) is 0 Å². The second kappa shape index (κ2) is 3.15. The Labute approximate surface area is 84.9 Å². The number of rotatable bonds is 0. The van der Waals surface area contributed by atoms with Crippen LogP contribution in [0, 0.1) is 5.41 Å². The summed E-state index contributed by atoms with van der Waals surface area (Å²) in [5.41, 5.74) is 1.36. The number of hydrogen-bond donors (Lipinski definition) is 2. The zero-order valence-electron chi connectivity index (χ0n) is 8.96. The fourth-order valence-electron chi connectivity index (χ4n) is 1.61. The number of nitrogens with zero attached hydrogens (tertiary/aromatic N) is 1. The van der Waals surface area contributed by atoms with Gasteiger partial charge in [0.25, 0.3) is 0 Å². The summed E-state index contributed by atoms with van der Waals surface area (Å²) in [6, 6.07) is 4.43. The predicted octanol–water partition coefficient (Wildman–Crippen LogP) is 2.33. The number of hydrogen-bond acceptors (Lipinski definition) is 3. The Morgan fingerprint density at radius 1 is 1.43 bits per heavy atom. The van der Waals surface area contributed by atoms with Crippen LogP contribution in [0.15, 0.2) is 18.3 Å². The summed E-state index contributed by atoms with van der Waals surface area (Å²) in [4.78, 5) is 4.31. The third-order valence-electron chi connectivity index (χ3n) is 2.66. The summed E-state index contributed by atoms with van der Waals surface area (Å²) in [5.74, 6) is 0.971. The molecule has 1 aliphatic rings. The lowest BCUT2D eigenvalue weighted by Gasteiger charge is -2.36. The zero-order valence-corrected chi connectivity index (χ0v) is 8.96. The molecule has 0 spiro atoms. The molecule has 1 aromatic heterocycles. The van der Waals surface area contributed by atoms with Crippen molar-refractivity contribution in [3.05, 3.63) is 18.3 Å². The van der Waals surface area contributed by atoms with E-state index < -0.39 is 0 Å². The Morgan fingerprint density at radius 2 is 2.21 bits per heavy atom. The Hall–Kier alpha value is -1.25. The van der Waals surface area contributed by atoms with Crippen molar-refractivity contribution in [1.29, 1.82) is 0 Å². The number of aromatic nitrogens is 1. The molecule has 1 atom stereocenters. The van der Waals surface area contributed by atoms with E-state index in [-0.39, 0.29) is 5.41 Å². The van der Waals surface area contributed by atoms with Gasteiger partial charge in [-0.2, -0.15) is 0 Å². The molecular weight excluding hydrogens is 174 g/mol. The summed E-state index contributed by atoms with van der Waals surface area (Å²) in [6.45, 7) is 7.67. The van der Waals surface area contributed by atoms with Gasteiger partial charge in [0, 0.05) is 18.8 Å². The van der Waals surface area contributed by atoms with Crippen LogP contribution in [0.25, 0.3) is 0 Å². The van der Waals surface area contributed by atoms with Gasteiger partial charge in [0.2, 0.25) is 0 Å². The van der Waals surface area contributed by atoms with Crippen molar-refractivity contribution in [3.63, 3.8) is 0 Å². The van der Waals surface area contributed by atoms with Crippen LogP contribution < -0.4 is 10.6 Å². The van der Waals surface area contributed by atoms with Gasteiger partial charge >= 0.3 is 0 Å². The number of anilines is 2. The van der Waals surface area contributed by atoms with E-state index in [9.17, 15) is 0 Å². The average molecular weight is 191 g/mol. The molecule has 14 heavy (non-hydrogen) atoms. The fraction of sp³-hybridized carbons (Fsp3) is 0.545. The first-order valence-corrected chi connectivity index (χ1v) is 5.03. The Bertz CT molecular complexity index is 328. The van der Waals surface area contributed by atoms with Crippen LogP contribution >= 0.6 is 0 Å². The lowest BCUT2D eigenvalue weighted by atomic mass is 9.86. The molecule has 0 saturated heterocycles. The molecule has 76 valence electrons. The third kappa shape index (κ3) is 1.67. The summed E-state index contributed by atoms with van der Waals surface area (Å²) in [6.07, 6.45) is 1.82. The highest BCUT2D eigenvalue weighted by molar-refractivity contribution is 5.66. The van der Waals surface area contributed by atoms with Gasteiger partial charge in [0.1, 0.15) is 5.82 Å². The minimum absolute atomic E-state index is 0.252. The molecule has 1 aliphatic heterocycles. The predicted molar refractivity (Wildman–Crippen MR) is 59.6 cm³/mol. The van der Waals surface area contributed by atoms with E-state index in [0.29, 0.717) is 6.04 Å². The molecule has 0 aromatic carbocycles. The van der Waals surface area contributed by atoms with Crippen molar-refractivity contribution in [2.45, 2.75) is 26.8 Å². The van der Waals surface area contributed by atoms with Crippen molar-refractivity contribution in [2.75, 3.05) is 17.2 Å². The first-order chi connectivity index (χ1) is 6.57. The summed E-state index contributed by atoms with van der Waals surface area (Å²) >= 11 is 0. The highest BCUT2D eigenvalue weighted by atomic mass is 15.1. The summed E-state index contributed by atoms with van der Waals surface area (Å²) in [7, 11) is 0. The fourth-order valence-corrected chi connectivity index (χ4v) is 1.61. The maximum absolute atomic E-state index is 4.31. The topological polar surface area (TPSA) is 37.0 Å². The molecule has 0 amide bonds. The van der Waals surface area contributed by atoms with Gasteiger partial charge in [0.15, 0.2) is 0 Å². The van der Waals surface area contributed by atoms with Gasteiger partial charge in [-0.3, -0.25) is 0 Å². The molecule has 2 heterocycles. The van der Waals surface area contributed by atoms with Gasteiger partial charge in [-0.05, 0) is 17.5 Å². The Balaban J connectivity index is 2.22. The van der Waals surface area contributed by atoms with Crippen molar-refractivity contribution in [3.8, 4) is 0 Å². The first-order valence-electron chi connectivity index (χ1n) is 5.03. The first kappa shape index (κ1) is 9.31. The molecular formula is C11H17N3. The van der Waals surface area contributed by atoms with Crippen LogP contribution in [0.1, 0.15) is 20.8 Å².